The van der Waals surface area contributed by atoms with E-state index in [-0.39, 0.29) is 17.5 Å². The Labute approximate surface area is 114 Å². The number of hydrogen-bond acceptors (Lipinski definition) is 3. The van der Waals surface area contributed by atoms with Crippen LogP contribution in [0.4, 0.5) is 15.8 Å². The zero-order chi connectivity index (χ0) is 14.7. The van der Waals surface area contributed by atoms with Gasteiger partial charge in [0.2, 0.25) is 5.91 Å². The molecule has 0 fully saturated rings. The van der Waals surface area contributed by atoms with Gasteiger partial charge in [-0.15, -0.1) is 0 Å². The number of rotatable bonds is 3. The molecule has 0 unspecified atom stereocenters. The van der Waals surface area contributed by atoms with Crippen LogP contribution in [-0.2, 0) is 11.8 Å². The fourth-order valence-corrected chi connectivity index (χ4v) is 1.68. The number of nitrogens with zero attached hydrogens (tertiary/aromatic N) is 2. The molecule has 0 radical (unpaired) electrons. The summed E-state index contributed by atoms with van der Waals surface area (Å²) in [5.74, 6) is -1.33. The van der Waals surface area contributed by atoms with Crippen molar-refractivity contribution in [3.63, 3.8) is 0 Å². The lowest BCUT2D eigenvalue weighted by atomic mass is 10.2. The van der Waals surface area contributed by atoms with Crippen molar-refractivity contribution in [2.45, 2.75) is 6.92 Å². The Hall–Kier alpha value is -2.70. The number of nitrogens with one attached hydrogen (secondary N) is 2. The van der Waals surface area contributed by atoms with Gasteiger partial charge >= 0.3 is 0 Å². The maximum atomic E-state index is 13.5. The molecule has 7 heteroatoms. The average Bonchev–Trinajstić information content (AvgIpc) is 2.79. The molecule has 6 nitrogen and oxygen atoms in total. The van der Waals surface area contributed by atoms with Crippen LogP contribution in [0.3, 0.4) is 0 Å². The summed E-state index contributed by atoms with van der Waals surface area (Å²) in [5, 5.41) is 8.85. The van der Waals surface area contributed by atoms with E-state index in [1.165, 1.54) is 36.0 Å². The number of aryl methyl sites for hydroxylation is 1. The monoisotopic (exact) mass is 276 g/mol. The van der Waals surface area contributed by atoms with Gasteiger partial charge < -0.3 is 10.6 Å². The van der Waals surface area contributed by atoms with Gasteiger partial charge in [-0.25, -0.2) is 4.39 Å². The summed E-state index contributed by atoms with van der Waals surface area (Å²) < 4.78 is 14.9. The van der Waals surface area contributed by atoms with Crippen LogP contribution < -0.4 is 10.6 Å². The topological polar surface area (TPSA) is 76.0 Å². The van der Waals surface area contributed by atoms with E-state index in [4.69, 9.17) is 0 Å². The van der Waals surface area contributed by atoms with E-state index in [1.54, 1.807) is 13.1 Å². The van der Waals surface area contributed by atoms with Crippen molar-refractivity contribution in [3.8, 4) is 0 Å². The van der Waals surface area contributed by atoms with Crippen molar-refractivity contribution >= 4 is 23.2 Å². The molecule has 0 aliphatic carbocycles. The first-order chi connectivity index (χ1) is 9.47. The Morgan fingerprint density at radius 2 is 2.00 bits per heavy atom. The quantitative estimate of drug-likeness (QED) is 0.897. The van der Waals surface area contributed by atoms with Gasteiger partial charge in [0.25, 0.3) is 5.91 Å². The molecule has 0 bridgehead atoms. The Balaban J connectivity index is 2.20. The van der Waals surface area contributed by atoms with Gasteiger partial charge in [0.15, 0.2) is 0 Å². The molecule has 0 aliphatic heterocycles. The zero-order valence-corrected chi connectivity index (χ0v) is 11.0. The van der Waals surface area contributed by atoms with E-state index in [9.17, 15) is 14.0 Å². The molecule has 0 saturated carbocycles. The molecule has 0 spiro atoms. The molecule has 2 N–H and O–H groups in total. The number of amides is 2. The lowest BCUT2D eigenvalue weighted by molar-refractivity contribution is -0.114. The minimum atomic E-state index is -0.571. The molecule has 1 heterocycles. The molecular formula is C13H13FN4O2. The molecular weight excluding hydrogens is 263 g/mol. The molecule has 2 aromatic rings. The van der Waals surface area contributed by atoms with Crippen molar-refractivity contribution in [3.05, 3.63) is 42.0 Å². The average molecular weight is 276 g/mol. The van der Waals surface area contributed by atoms with E-state index in [0.29, 0.717) is 11.4 Å². The molecule has 1 aromatic carbocycles. The number of aromatic nitrogens is 2. The van der Waals surface area contributed by atoms with E-state index in [0.717, 1.165) is 0 Å². The maximum absolute atomic E-state index is 13.5. The number of benzene rings is 1. The van der Waals surface area contributed by atoms with Crippen LogP contribution in [0, 0.1) is 5.82 Å². The van der Waals surface area contributed by atoms with Crippen LogP contribution in [0.15, 0.2) is 30.5 Å². The van der Waals surface area contributed by atoms with Crippen LogP contribution in [0.2, 0.25) is 0 Å². The van der Waals surface area contributed by atoms with E-state index >= 15 is 0 Å². The summed E-state index contributed by atoms with van der Waals surface area (Å²) in [7, 11) is 1.64. The van der Waals surface area contributed by atoms with Crippen molar-refractivity contribution < 1.29 is 14.0 Å². The minimum absolute atomic E-state index is 0.0142. The highest BCUT2D eigenvalue weighted by Crippen LogP contribution is 2.20. The molecule has 1 aromatic heterocycles. The van der Waals surface area contributed by atoms with E-state index < -0.39 is 5.82 Å². The summed E-state index contributed by atoms with van der Waals surface area (Å²) in [6.07, 6.45) is 1.50. The second kappa shape index (κ2) is 5.52. The predicted octanol–water partition coefficient (Wildman–Crippen LogP) is 1.77. The van der Waals surface area contributed by atoms with Crippen molar-refractivity contribution in [1.82, 2.24) is 9.78 Å². The Morgan fingerprint density at radius 1 is 1.25 bits per heavy atom. The Morgan fingerprint density at radius 3 is 2.60 bits per heavy atom. The van der Waals surface area contributed by atoms with Crippen LogP contribution in [0.5, 0.6) is 0 Å². The van der Waals surface area contributed by atoms with Crippen molar-refractivity contribution in [1.29, 1.82) is 0 Å². The number of anilines is 2. The Kier molecular flexibility index (Phi) is 3.79. The Bertz CT molecular complexity index is 666. The first kappa shape index (κ1) is 13.7. The normalized spacial score (nSPS) is 10.2. The van der Waals surface area contributed by atoms with Crippen molar-refractivity contribution in [2.24, 2.45) is 7.05 Å². The van der Waals surface area contributed by atoms with Gasteiger partial charge in [0.05, 0.1) is 5.69 Å². The summed E-state index contributed by atoms with van der Waals surface area (Å²) in [6.45, 7) is 1.28. The number of hydrogen-bond donors (Lipinski definition) is 2. The zero-order valence-electron chi connectivity index (χ0n) is 11.0. The first-order valence-electron chi connectivity index (χ1n) is 5.84. The van der Waals surface area contributed by atoms with Gasteiger partial charge in [-0.1, -0.05) is 0 Å². The number of carbonyl (C=O) groups is 2. The minimum Gasteiger partial charge on any atom is -0.324 e. The van der Waals surface area contributed by atoms with Gasteiger partial charge in [-0.2, -0.15) is 5.10 Å². The lowest BCUT2D eigenvalue weighted by Gasteiger charge is -2.09. The van der Waals surface area contributed by atoms with Crippen LogP contribution in [0.1, 0.15) is 17.4 Å². The summed E-state index contributed by atoms with van der Waals surface area (Å²) in [6, 6.07) is 5.50. The summed E-state index contributed by atoms with van der Waals surface area (Å²) in [5.41, 5.74) is 0.761. The third-order valence-corrected chi connectivity index (χ3v) is 2.59. The van der Waals surface area contributed by atoms with Gasteiger partial charge in [0.1, 0.15) is 11.5 Å². The molecule has 0 aliphatic rings. The largest absolute Gasteiger partial charge is 0.324 e. The standard InChI is InChI=1S/C13H13FN4O2/c1-8(19)16-11-7-9(3-4-10(11)14)17-13(20)12-5-6-15-18(12)2/h3-7H,1-2H3,(H,16,19)(H,17,20). The lowest BCUT2D eigenvalue weighted by Crippen LogP contribution is -2.16. The number of carbonyl (C=O) groups excluding carboxylic acids is 2. The second-order valence-corrected chi connectivity index (χ2v) is 4.17. The molecule has 104 valence electrons. The van der Waals surface area contributed by atoms with Crippen LogP contribution in [0.25, 0.3) is 0 Å². The van der Waals surface area contributed by atoms with Crippen LogP contribution >= 0.6 is 0 Å². The third-order valence-electron chi connectivity index (χ3n) is 2.59. The highest BCUT2D eigenvalue weighted by Gasteiger charge is 2.11. The predicted molar refractivity (Wildman–Crippen MR) is 71.9 cm³/mol. The second-order valence-electron chi connectivity index (χ2n) is 4.17. The molecule has 2 rings (SSSR count). The molecule has 20 heavy (non-hydrogen) atoms. The van der Waals surface area contributed by atoms with Crippen LogP contribution in [-0.4, -0.2) is 21.6 Å². The SMILES string of the molecule is CC(=O)Nc1cc(NC(=O)c2ccnn2C)ccc1F. The maximum Gasteiger partial charge on any atom is 0.273 e. The summed E-state index contributed by atoms with van der Waals surface area (Å²) >= 11 is 0. The van der Waals surface area contributed by atoms with Gasteiger partial charge in [-0.3, -0.25) is 14.3 Å². The third kappa shape index (κ3) is 3.00. The fourth-order valence-electron chi connectivity index (χ4n) is 1.68. The van der Waals surface area contributed by atoms with E-state index in [1.807, 2.05) is 0 Å². The van der Waals surface area contributed by atoms with Gasteiger partial charge in [0, 0.05) is 25.9 Å². The highest BCUT2D eigenvalue weighted by molar-refractivity contribution is 6.03. The molecule has 2 amide bonds. The van der Waals surface area contributed by atoms with Gasteiger partial charge in [-0.05, 0) is 24.3 Å². The fraction of sp³-hybridized carbons (Fsp3) is 0.154. The highest BCUT2D eigenvalue weighted by atomic mass is 19.1. The smallest absolute Gasteiger partial charge is 0.273 e. The van der Waals surface area contributed by atoms with Crippen molar-refractivity contribution in [2.75, 3.05) is 10.6 Å². The molecule has 0 atom stereocenters. The summed E-state index contributed by atoms with van der Waals surface area (Å²) in [4.78, 5) is 22.9. The van der Waals surface area contributed by atoms with E-state index in [2.05, 4.69) is 15.7 Å². The molecule has 0 saturated heterocycles. The number of halogens is 1. The first-order valence-corrected chi connectivity index (χ1v) is 5.84.